The van der Waals surface area contributed by atoms with Crippen LogP contribution in [-0.4, -0.2) is 95.9 Å². The Hall–Kier alpha value is -3.38. The molecule has 13 heteroatoms. The number of benzene rings is 1. The van der Waals surface area contributed by atoms with E-state index in [9.17, 15) is 13.6 Å². The molecule has 3 aliphatic heterocycles. The van der Waals surface area contributed by atoms with Gasteiger partial charge in [-0.15, -0.1) is 5.10 Å². The average Bonchev–Trinajstić information content (AvgIpc) is 3.54. The monoisotopic (exact) mass is 588 g/mol. The van der Waals surface area contributed by atoms with Gasteiger partial charge in [-0.05, 0) is 44.9 Å². The number of ether oxygens (including phenoxy) is 1. The molecule has 1 aromatic heterocycles. The van der Waals surface area contributed by atoms with Crippen LogP contribution in [0, 0.1) is 11.2 Å². The summed E-state index contributed by atoms with van der Waals surface area (Å²) < 4.78 is 35.9. The third kappa shape index (κ3) is 5.85. The van der Waals surface area contributed by atoms with Crippen molar-refractivity contribution in [2.24, 2.45) is 20.6 Å². The Labute approximate surface area is 243 Å². The first-order valence-electron chi connectivity index (χ1n) is 13.8. The SMILES string of the molecule is C=N/N=C(/Oc1ccc(F)cc1-c1c(Cl)cnn1C(C)C)C(=NC)N1CC2(CCN(C(=O)[C@@H]3C[C@@H](F)CN3)CC2)C1. The second-order valence-electron chi connectivity index (χ2n) is 11.2. The minimum absolute atomic E-state index is 0.0131. The van der Waals surface area contributed by atoms with Gasteiger partial charge in [0.2, 0.25) is 5.91 Å². The largest absolute Gasteiger partial charge is 0.434 e. The van der Waals surface area contributed by atoms with Crippen molar-refractivity contribution < 1.29 is 18.3 Å². The first-order valence-corrected chi connectivity index (χ1v) is 14.2. The zero-order valence-corrected chi connectivity index (χ0v) is 24.2. The van der Waals surface area contributed by atoms with Crippen LogP contribution in [0.1, 0.15) is 39.2 Å². The Morgan fingerprint density at radius 2 is 2.00 bits per heavy atom. The smallest absolute Gasteiger partial charge is 0.281 e. The summed E-state index contributed by atoms with van der Waals surface area (Å²) in [6, 6.07) is 3.70. The number of piperidine rings is 1. The van der Waals surface area contributed by atoms with E-state index in [1.54, 1.807) is 11.7 Å². The van der Waals surface area contributed by atoms with E-state index in [-0.39, 0.29) is 36.2 Å². The summed E-state index contributed by atoms with van der Waals surface area (Å²) in [4.78, 5) is 21.2. The first kappa shape index (κ1) is 29.1. The quantitative estimate of drug-likeness (QED) is 0.324. The van der Waals surface area contributed by atoms with Crippen LogP contribution >= 0.6 is 11.6 Å². The van der Waals surface area contributed by atoms with Crippen molar-refractivity contribution >= 4 is 36.0 Å². The van der Waals surface area contributed by atoms with Gasteiger partial charge < -0.3 is 19.9 Å². The summed E-state index contributed by atoms with van der Waals surface area (Å²) in [6.45, 7) is 10.3. The molecule has 5 rings (SSSR count). The molecule has 2 atom stereocenters. The number of carbonyl (C=O) groups excluding carboxylic acids is 1. The number of alkyl halides is 1. The van der Waals surface area contributed by atoms with E-state index in [0.29, 0.717) is 54.0 Å². The molecule has 2 aromatic rings. The average molecular weight is 589 g/mol. The minimum Gasteiger partial charge on any atom is -0.434 e. The van der Waals surface area contributed by atoms with Gasteiger partial charge in [0.15, 0.2) is 5.84 Å². The maximum atomic E-state index is 14.4. The van der Waals surface area contributed by atoms with Crippen molar-refractivity contribution in [3.8, 4) is 17.0 Å². The molecule has 3 aliphatic rings. The number of aromatic nitrogens is 2. The minimum atomic E-state index is -0.963. The third-order valence-corrected chi connectivity index (χ3v) is 8.35. The fourth-order valence-electron chi connectivity index (χ4n) is 5.94. The molecule has 0 radical (unpaired) electrons. The fraction of sp³-hybridized carbons (Fsp3) is 0.536. The second-order valence-corrected chi connectivity index (χ2v) is 11.6. The number of likely N-dealkylation sites (tertiary alicyclic amines) is 2. The Kier molecular flexibility index (Phi) is 8.42. The van der Waals surface area contributed by atoms with E-state index in [1.807, 2.05) is 18.7 Å². The number of rotatable bonds is 5. The van der Waals surface area contributed by atoms with Crippen molar-refractivity contribution in [3.63, 3.8) is 0 Å². The van der Waals surface area contributed by atoms with Gasteiger partial charge in [0.1, 0.15) is 17.7 Å². The van der Waals surface area contributed by atoms with Crippen molar-refractivity contribution in [1.29, 1.82) is 0 Å². The van der Waals surface area contributed by atoms with Crippen molar-refractivity contribution in [3.05, 3.63) is 35.2 Å². The lowest BCUT2D eigenvalue weighted by atomic mass is 9.71. The summed E-state index contributed by atoms with van der Waals surface area (Å²) in [5.74, 6) is 0.465. The molecular formula is C28H35ClF2N8O2. The van der Waals surface area contributed by atoms with Crippen LogP contribution in [0.25, 0.3) is 11.3 Å². The summed E-state index contributed by atoms with van der Waals surface area (Å²) >= 11 is 6.48. The molecule has 3 fully saturated rings. The second kappa shape index (κ2) is 11.8. The predicted octanol–water partition coefficient (Wildman–Crippen LogP) is 3.97. The number of nitrogens with zero attached hydrogens (tertiary/aromatic N) is 7. The maximum absolute atomic E-state index is 14.4. The van der Waals surface area contributed by atoms with Crippen molar-refractivity contribution in [1.82, 2.24) is 24.9 Å². The number of amidine groups is 1. The highest BCUT2D eigenvalue weighted by Crippen LogP contribution is 2.42. The van der Waals surface area contributed by atoms with Crippen LogP contribution in [0.2, 0.25) is 5.02 Å². The number of aliphatic imine (C=N–C) groups is 1. The maximum Gasteiger partial charge on any atom is 0.281 e. The molecule has 1 aromatic carbocycles. The molecule has 0 bridgehead atoms. The highest BCUT2D eigenvalue weighted by molar-refractivity contribution is 6.38. The lowest BCUT2D eigenvalue weighted by molar-refractivity contribution is -0.137. The van der Waals surface area contributed by atoms with E-state index in [2.05, 4.69) is 37.2 Å². The zero-order chi connectivity index (χ0) is 29.3. The number of carbonyl (C=O) groups is 1. The molecule has 10 nitrogen and oxygen atoms in total. The number of amides is 1. The predicted molar refractivity (Wildman–Crippen MR) is 155 cm³/mol. The van der Waals surface area contributed by atoms with Crippen LogP contribution in [0.5, 0.6) is 5.75 Å². The standard InChI is InChI=1S/C28H35ClF2N8O2/c1-17(2)39-24(21(29)14-35-39)20-11-18(30)5-6-23(20)41-26(36-33-4)25(32-3)38-15-28(16-38)7-9-37(10-8-28)27(40)22-12-19(31)13-34-22/h5-6,11,14,17,19,22,34H,4,7-10,12-13,15-16H2,1-3H3/b32-25?,36-26+/t19-,22+/m1/s1. The van der Waals surface area contributed by atoms with Crippen molar-refractivity contribution in [2.75, 3.05) is 39.8 Å². The Balaban J connectivity index is 1.29. The molecule has 1 amide bonds. The topological polar surface area (TPSA) is 99.7 Å². The van der Waals surface area contributed by atoms with E-state index in [1.165, 1.54) is 24.4 Å². The lowest BCUT2D eigenvalue weighted by Crippen LogP contribution is -2.64. The van der Waals surface area contributed by atoms with Crippen LogP contribution in [0.4, 0.5) is 8.78 Å². The van der Waals surface area contributed by atoms with Crippen LogP contribution in [0.15, 0.2) is 39.6 Å². The highest BCUT2D eigenvalue weighted by Gasteiger charge is 2.48. The molecule has 220 valence electrons. The van der Waals surface area contributed by atoms with Gasteiger partial charge in [0, 0.05) is 69.9 Å². The van der Waals surface area contributed by atoms with E-state index >= 15 is 0 Å². The van der Waals surface area contributed by atoms with Gasteiger partial charge in [-0.2, -0.15) is 10.2 Å². The van der Waals surface area contributed by atoms with E-state index < -0.39 is 18.0 Å². The molecule has 1 spiro atoms. The Bertz CT molecular complexity index is 1360. The number of halogens is 3. The van der Waals surface area contributed by atoms with E-state index in [4.69, 9.17) is 16.3 Å². The fourth-order valence-corrected chi connectivity index (χ4v) is 6.18. The first-order chi connectivity index (χ1) is 19.6. The summed E-state index contributed by atoms with van der Waals surface area (Å²) in [5.41, 5.74) is 0.973. The van der Waals surface area contributed by atoms with Crippen LogP contribution < -0.4 is 10.1 Å². The molecule has 0 unspecified atom stereocenters. The Morgan fingerprint density at radius 1 is 1.27 bits per heavy atom. The molecule has 3 saturated heterocycles. The summed E-state index contributed by atoms with van der Waals surface area (Å²) in [5, 5.41) is 15.5. The van der Waals surface area contributed by atoms with Gasteiger partial charge in [-0.25, -0.2) is 8.78 Å². The van der Waals surface area contributed by atoms with Gasteiger partial charge in [-0.1, -0.05) is 11.6 Å². The molecule has 41 heavy (non-hydrogen) atoms. The number of nitrogens with one attached hydrogen (secondary N) is 1. The van der Waals surface area contributed by atoms with Gasteiger partial charge in [0.25, 0.3) is 5.90 Å². The van der Waals surface area contributed by atoms with E-state index in [0.717, 1.165) is 12.8 Å². The molecular weight excluding hydrogens is 554 g/mol. The summed E-state index contributed by atoms with van der Waals surface area (Å²) in [7, 11) is 1.65. The Morgan fingerprint density at radius 3 is 2.61 bits per heavy atom. The number of hydrogen-bond acceptors (Lipinski definition) is 7. The van der Waals surface area contributed by atoms with Crippen LogP contribution in [-0.2, 0) is 4.79 Å². The zero-order valence-electron chi connectivity index (χ0n) is 23.5. The normalized spacial score (nSPS) is 22.8. The van der Waals surface area contributed by atoms with Gasteiger partial charge in [0.05, 0.1) is 23.0 Å². The molecule has 0 saturated carbocycles. The van der Waals surface area contributed by atoms with Gasteiger partial charge >= 0.3 is 0 Å². The molecule has 4 heterocycles. The third-order valence-electron chi connectivity index (χ3n) is 8.07. The molecule has 1 N–H and O–H groups in total. The molecule has 0 aliphatic carbocycles. The number of hydrogen-bond donors (Lipinski definition) is 1. The highest BCUT2D eigenvalue weighted by atomic mass is 35.5. The summed E-state index contributed by atoms with van der Waals surface area (Å²) in [6.07, 6.45) is 2.47. The van der Waals surface area contributed by atoms with Crippen molar-refractivity contribution in [2.45, 2.75) is 51.4 Å². The van der Waals surface area contributed by atoms with Crippen LogP contribution in [0.3, 0.4) is 0 Å². The van der Waals surface area contributed by atoms with Gasteiger partial charge in [-0.3, -0.25) is 14.5 Å². The lowest BCUT2D eigenvalue weighted by Gasteiger charge is -2.54.